The molecule has 0 bridgehead atoms. The predicted molar refractivity (Wildman–Crippen MR) is 278 cm³/mol. The van der Waals surface area contributed by atoms with E-state index >= 15 is 0 Å². The zero-order valence-corrected chi connectivity index (χ0v) is 44.1. The summed E-state index contributed by atoms with van der Waals surface area (Å²) in [5.41, 5.74) is 8.31. The van der Waals surface area contributed by atoms with Gasteiger partial charge in [0.15, 0.2) is 5.67 Å². The number of rotatable bonds is 17. The Labute approximate surface area is 434 Å². The number of amides is 5. The van der Waals surface area contributed by atoms with Crippen LogP contribution in [0.5, 0.6) is 5.75 Å². The summed E-state index contributed by atoms with van der Waals surface area (Å²) in [6.45, 7) is 13.1. The fourth-order valence-corrected chi connectivity index (χ4v) is 11.3. The van der Waals surface area contributed by atoms with Crippen molar-refractivity contribution >= 4 is 75.7 Å². The maximum Gasteiger partial charge on any atom is 0.258 e. The summed E-state index contributed by atoms with van der Waals surface area (Å²) < 4.78 is 21.1. The van der Waals surface area contributed by atoms with E-state index in [2.05, 4.69) is 42.7 Å². The van der Waals surface area contributed by atoms with Crippen LogP contribution in [0.1, 0.15) is 103 Å². The first-order chi connectivity index (χ1) is 34.3. The molecule has 2 aromatic carbocycles. The lowest BCUT2D eigenvalue weighted by molar-refractivity contribution is -0.144. The zero-order valence-electron chi connectivity index (χ0n) is 41.7. The molecule has 5 amide bonds. The molecule has 3 aliphatic heterocycles. The molecule has 4 aromatic rings. The fourth-order valence-electron chi connectivity index (χ4n) is 9.39. The Kier molecular flexibility index (Phi) is 16.5. The number of aryl methyl sites for hydroxylation is 1. The van der Waals surface area contributed by atoms with Crippen LogP contribution in [-0.2, 0) is 30.5 Å². The van der Waals surface area contributed by atoms with Crippen molar-refractivity contribution in [2.45, 2.75) is 139 Å². The van der Waals surface area contributed by atoms with Crippen molar-refractivity contribution in [1.82, 2.24) is 35.4 Å². The second-order valence-electron chi connectivity index (χ2n) is 21.0. The second kappa shape index (κ2) is 22.4. The SMILES string of the molecule is Cc1ncsc1-c1ccc(CNC(=O)[C@@H]2CCCN2C(=O)[C@@H](NC(=O)C2(F)CC2)C(C)(C)C)c(OCCC2CCN(C(=O)CC(=O)Nc3cccc(Sc4cnc(N5CCC(C)(N)CC5)cn4)c3Cl)CC2)c1. The monoisotopic (exact) mass is 1040 g/mol. The normalized spacial score (nSPS) is 19.1. The molecule has 0 unspecified atom stereocenters. The quantitative estimate of drug-likeness (QED) is 0.0751. The molecule has 72 heavy (non-hydrogen) atoms. The van der Waals surface area contributed by atoms with Gasteiger partial charge in [-0.1, -0.05) is 62.3 Å². The molecule has 386 valence electrons. The molecular weight excluding hydrogens is 979 g/mol. The van der Waals surface area contributed by atoms with Gasteiger partial charge in [-0.15, -0.1) is 11.3 Å². The Morgan fingerprint density at radius 3 is 2.40 bits per heavy atom. The lowest BCUT2D eigenvalue weighted by Gasteiger charge is -2.37. The number of halogens is 2. The van der Waals surface area contributed by atoms with Crippen molar-refractivity contribution in [3.05, 3.63) is 70.6 Å². The second-order valence-corrected chi connectivity index (χ2v) is 23.3. The van der Waals surface area contributed by atoms with E-state index in [4.69, 9.17) is 22.1 Å². The number of piperidine rings is 2. The lowest BCUT2D eigenvalue weighted by Crippen LogP contribution is -2.58. The van der Waals surface area contributed by atoms with Crippen LogP contribution in [0.3, 0.4) is 0 Å². The molecule has 5 heterocycles. The number of nitrogens with one attached hydrogen (secondary N) is 3. The molecule has 2 atom stereocenters. The predicted octanol–water partition coefficient (Wildman–Crippen LogP) is 7.71. The number of hydrogen-bond donors (Lipinski definition) is 4. The third-order valence-electron chi connectivity index (χ3n) is 14.2. The highest BCUT2D eigenvalue weighted by molar-refractivity contribution is 7.99. The maximum absolute atomic E-state index is 14.7. The van der Waals surface area contributed by atoms with Gasteiger partial charge in [0.25, 0.3) is 5.91 Å². The number of nitrogens with two attached hydrogens (primary N) is 1. The van der Waals surface area contributed by atoms with Crippen LogP contribution >= 0.6 is 34.7 Å². The minimum Gasteiger partial charge on any atom is -0.493 e. The first-order valence-corrected chi connectivity index (χ1v) is 27.0. The minimum atomic E-state index is -1.93. The van der Waals surface area contributed by atoms with Crippen molar-refractivity contribution in [3.63, 3.8) is 0 Å². The van der Waals surface area contributed by atoms with Crippen molar-refractivity contribution in [1.29, 1.82) is 0 Å². The first-order valence-electron chi connectivity index (χ1n) is 24.9. The number of benzene rings is 2. The van der Waals surface area contributed by atoms with Gasteiger partial charge in [0, 0.05) is 55.3 Å². The van der Waals surface area contributed by atoms with Gasteiger partial charge < -0.3 is 41.1 Å². The van der Waals surface area contributed by atoms with Crippen LogP contribution in [0, 0.1) is 18.3 Å². The molecule has 8 rings (SSSR count). The number of hydrogen-bond acceptors (Lipinski definition) is 13. The number of ether oxygens (including phenoxy) is 1. The Morgan fingerprint density at radius 1 is 0.986 bits per heavy atom. The third-order valence-corrected chi connectivity index (χ3v) is 16.7. The van der Waals surface area contributed by atoms with Crippen LogP contribution in [0.15, 0.2) is 64.2 Å². The Bertz CT molecular complexity index is 2620. The van der Waals surface area contributed by atoms with Crippen molar-refractivity contribution in [2.24, 2.45) is 17.1 Å². The average Bonchev–Trinajstić information content (AvgIpc) is 3.67. The molecule has 4 aliphatic rings. The van der Waals surface area contributed by atoms with E-state index in [0.717, 1.165) is 72.7 Å². The Balaban J connectivity index is 0.810. The standard InChI is InChI=1S/C52H66ClFN10O6S2/c1-32-45(71-31-59-32)34-11-12-35(28-58-47(67)37-9-7-20-64(37)48(68)46(50(2,3)4)61-49(69)52(54)16-17-52)38(26-34)70-25-15-33-13-21-63(22-14-33)43(66)27-41(65)60-36-8-6-10-39(44(36)53)72-42-30-56-40(29-57-42)62-23-18-51(5,55)19-24-62/h6,8,10-12,26,29-31,33,37,46H,7,9,13-25,27-28,55H2,1-5H3,(H,58,67)(H,60,65)(H,61,69)/t37-,46+/m0/s1. The third kappa shape index (κ3) is 13.0. The Hall–Kier alpha value is -5.37. The van der Waals surface area contributed by atoms with Crippen molar-refractivity contribution < 1.29 is 33.1 Å². The number of carbonyl (C=O) groups excluding carboxylic acids is 5. The van der Waals surface area contributed by atoms with Crippen LogP contribution in [0.25, 0.3) is 10.4 Å². The molecule has 1 aliphatic carbocycles. The van der Waals surface area contributed by atoms with Gasteiger partial charge >= 0.3 is 0 Å². The molecule has 1 saturated carbocycles. The number of alkyl halides is 1. The van der Waals surface area contributed by atoms with Gasteiger partial charge in [-0.05, 0) is 107 Å². The summed E-state index contributed by atoms with van der Waals surface area (Å²) in [7, 11) is 0. The highest BCUT2D eigenvalue weighted by Gasteiger charge is 2.53. The first kappa shape index (κ1) is 52.9. The number of nitrogens with zero attached hydrogens (tertiary/aromatic N) is 6. The van der Waals surface area contributed by atoms with Gasteiger partial charge in [0.2, 0.25) is 23.6 Å². The molecule has 16 nitrogen and oxygen atoms in total. The van der Waals surface area contributed by atoms with Gasteiger partial charge in [-0.25, -0.2) is 19.3 Å². The maximum atomic E-state index is 14.7. The minimum absolute atomic E-state index is 0.138. The molecule has 0 radical (unpaired) electrons. The molecule has 3 saturated heterocycles. The highest BCUT2D eigenvalue weighted by atomic mass is 35.5. The number of aromatic nitrogens is 3. The van der Waals surface area contributed by atoms with E-state index in [0.29, 0.717) is 65.5 Å². The van der Waals surface area contributed by atoms with Gasteiger partial charge in [-0.3, -0.25) is 24.0 Å². The smallest absolute Gasteiger partial charge is 0.258 e. The van der Waals surface area contributed by atoms with E-state index in [1.54, 1.807) is 34.9 Å². The summed E-state index contributed by atoms with van der Waals surface area (Å²) in [4.78, 5) is 87.8. The summed E-state index contributed by atoms with van der Waals surface area (Å²) in [6.07, 6.45) is 8.53. The van der Waals surface area contributed by atoms with E-state index in [-0.39, 0.29) is 49.1 Å². The number of anilines is 2. The fraction of sp³-hybridized carbons (Fsp3) is 0.538. The average molecular weight is 1050 g/mol. The topological polar surface area (TPSA) is 205 Å². The van der Waals surface area contributed by atoms with E-state index in [9.17, 15) is 28.4 Å². The van der Waals surface area contributed by atoms with Crippen LogP contribution in [0.4, 0.5) is 15.9 Å². The van der Waals surface area contributed by atoms with E-state index in [1.807, 2.05) is 52.0 Å². The summed E-state index contributed by atoms with van der Waals surface area (Å²) in [5, 5.41) is 9.54. The van der Waals surface area contributed by atoms with E-state index in [1.165, 1.54) is 28.0 Å². The molecule has 2 aromatic heterocycles. The van der Waals surface area contributed by atoms with E-state index < -0.39 is 40.9 Å². The van der Waals surface area contributed by atoms with Crippen LogP contribution in [-0.4, -0.2) is 117 Å². The molecule has 4 fully saturated rings. The number of thiazole rings is 1. The van der Waals surface area contributed by atoms with Crippen LogP contribution < -0.4 is 31.3 Å². The molecular formula is C52H66ClFN10O6S2. The Morgan fingerprint density at radius 2 is 1.74 bits per heavy atom. The largest absolute Gasteiger partial charge is 0.493 e. The lowest BCUT2D eigenvalue weighted by atomic mass is 9.85. The van der Waals surface area contributed by atoms with Gasteiger partial charge in [-0.2, -0.15) is 0 Å². The summed E-state index contributed by atoms with van der Waals surface area (Å²) in [5.74, 6) is -0.472. The molecule has 20 heteroatoms. The van der Waals surface area contributed by atoms with Gasteiger partial charge in [0.1, 0.15) is 35.1 Å². The van der Waals surface area contributed by atoms with Crippen molar-refractivity contribution in [2.75, 3.05) is 49.5 Å². The zero-order chi connectivity index (χ0) is 51.4. The van der Waals surface area contributed by atoms with Gasteiger partial charge in [0.05, 0.1) is 45.8 Å². The number of likely N-dealkylation sites (tertiary alicyclic amines) is 2. The number of carbonyl (C=O) groups is 5. The van der Waals surface area contributed by atoms with Crippen molar-refractivity contribution in [3.8, 4) is 16.2 Å². The van der Waals surface area contributed by atoms with Crippen LogP contribution in [0.2, 0.25) is 5.02 Å². The summed E-state index contributed by atoms with van der Waals surface area (Å²) in [6, 6.07) is 9.50. The molecule has 5 N–H and O–H groups in total. The molecule has 0 spiro atoms. The highest BCUT2D eigenvalue weighted by Crippen LogP contribution is 2.41. The summed E-state index contributed by atoms with van der Waals surface area (Å²) >= 11 is 9.64.